The molecule has 2 N–H and O–H groups in total. The number of carbonyl (C=O) groups excluding carboxylic acids is 1. The first-order valence-corrected chi connectivity index (χ1v) is 7.02. The topological polar surface area (TPSA) is 66.4 Å². The number of hydrogen-bond donors (Lipinski definition) is 2. The maximum Gasteiger partial charge on any atom is 0.303 e. The van der Waals surface area contributed by atoms with Crippen LogP contribution in [0.25, 0.3) is 0 Å². The van der Waals surface area contributed by atoms with E-state index in [0.717, 1.165) is 10.0 Å². The average molecular weight is 328 g/mol. The molecule has 19 heavy (non-hydrogen) atoms. The summed E-state index contributed by atoms with van der Waals surface area (Å²) in [5.41, 5.74) is 1.11. The third-order valence-corrected chi connectivity index (χ3v) is 3.28. The molecule has 0 spiro atoms. The van der Waals surface area contributed by atoms with Gasteiger partial charge in [-0.25, -0.2) is 0 Å². The molecule has 4 nitrogen and oxygen atoms in total. The van der Waals surface area contributed by atoms with Crippen LogP contribution in [0.2, 0.25) is 0 Å². The highest BCUT2D eigenvalue weighted by Gasteiger charge is 2.09. The number of carbonyl (C=O) groups is 2. The number of carboxylic acid groups (broad SMARTS) is 1. The molecule has 0 bridgehead atoms. The number of halogens is 1. The van der Waals surface area contributed by atoms with Gasteiger partial charge in [-0.3, -0.25) is 9.59 Å². The van der Waals surface area contributed by atoms with Crippen LogP contribution in [0.5, 0.6) is 0 Å². The van der Waals surface area contributed by atoms with Gasteiger partial charge in [0, 0.05) is 23.4 Å². The van der Waals surface area contributed by atoms with Crippen molar-refractivity contribution < 1.29 is 14.7 Å². The van der Waals surface area contributed by atoms with Crippen molar-refractivity contribution in [2.45, 2.75) is 38.6 Å². The Labute approximate surface area is 121 Å². The van der Waals surface area contributed by atoms with Crippen LogP contribution in [0.1, 0.15) is 31.7 Å². The summed E-state index contributed by atoms with van der Waals surface area (Å²) >= 11 is 3.36. The highest BCUT2D eigenvalue weighted by Crippen LogP contribution is 2.11. The smallest absolute Gasteiger partial charge is 0.303 e. The van der Waals surface area contributed by atoms with Crippen LogP contribution < -0.4 is 5.32 Å². The number of benzene rings is 1. The largest absolute Gasteiger partial charge is 0.481 e. The van der Waals surface area contributed by atoms with Crippen molar-refractivity contribution in [2.24, 2.45) is 0 Å². The van der Waals surface area contributed by atoms with Gasteiger partial charge in [0.15, 0.2) is 0 Å². The summed E-state index contributed by atoms with van der Waals surface area (Å²) in [6.45, 7) is 1.82. The molecular weight excluding hydrogens is 310 g/mol. The van der Waals surface area contributed by atoms with Crippen molar-refractivity contribution in [1.29, 1.82) is 0 Å². The van der Waals surface area contributed by atoms with Crippen LogP contribution in [0.4, 0.5) is 0 Å². The molecule has 0 aliphatic rings. The van der Waals surface area contributed by atoms with Gasteiger partial charge < -0.3 is 10.4 Å². The van der Waals surface area contributed by atoms with E-state index in [0.29, 0.717) is 19.3 Å². The van der Waals surface area contributed by atoms with Crippen LogP contribution in [-0.2, 0) is 16.0 Å². The quantitative estimate of drug-likeness (QED) is 0.809. The van der Waals surface area contributed by atoms with Crippen LogP contribution in [0, 0.1) is 0 Å². The van der Waals surface area contributed by atoms with Crippen molar-refractivity contribution >= 4 is 27.8 Å². The predicted octanol–water partition coefficient (Wildman–Crippen LogP) is 2.75. The fraction of sp³-hybridized carbons (Fsp3) is 0.429. The van der Waals surface area contributed by atoms with Gasteiger partial charge in [0.1, 0.15) is 0 Å². The molecule has 1 aromatic rings. The Kier molecular flexibility index (Phi) is 6.56. The lowest BCUT2D eigenvalue weighted by Gasteiger charge is -2.12. The number of aryl methyl sites for hydroxylation is 1. The van der Waals surface area contributed by atoms with E-state index in [2.05, 4.69) is 21.2 Å². The maximum atomic E-state index is 11.7. The molecule has 0 saturated heterocycles. The van der Waals surface area contributed by atoms with E-state index in [1.807, 2.05) is 31.2 Å². The summed E-state index contributed by atoms with van der Waals surface area (Å²) in [5, 5.41) is 11.4. The first-order valence-electron chi connectivity index (χ1n) is 6.23. The summed E-state index contributed by atoms with van der Waals surface area (Å²) in [4.78, 5) is 22.1. The Balaban J connectivity index is 2.27. The number of amides is 1. The summed E-state index contributed by atoms with van der Waals surface area (Å²) in [6, 6.07) is 7.75. The van der Waals surface area contributed by atoms with Gasteiger partial charge in [-0.05, 0) is 37.5 Å². The second kappa shape index (κ2) is 7.94. The molecule has 5 heteroatoms. The van der Waals surface area contributed by atoms with E-state index in [1.54, 1.807) is 0 Å². The van der Waals surface area contributed by atoms with E-state index >= 15 is 0 Å². The van der Waals surface area contributed by atoms with Gasteiger partial charge in [-0.1, -0.05) is 28.1 Å². The molecule has 1 aromatic carbocycles. The van der Waals surface area contributed by atoms with Crippen molar-refractivity contribution in [3.8, 4) is 0 Å². The van der Waals surface area contributed by atoms with Crippen molar-refractivity contribution in [2.75, 3.05) is 0 Å². The molecule has 1 atom stereocenters. The minimum Gasteiger partial charge on any atom is -0.481 e. The van der Waals surface area contributed by atoms with E-state index < -0.39 is 5.97 Å². The van der Waals surface area contributed by atoms with Gasteiger partial charge in [0.2, 0.25) is 5.91 Å². The summed E-state index contributed by atoms with van der Waals surface area (Å²) in [7, 11) is 0. The fourth-order valence-electron chi connectivity index (χ4n) is 1.67. The second-order valence-corrected chi connectivity index (χ2v) is 5.44. The Hall–Kier alpha value is -1.36. The molecule has 0 radical (unpaired) electrons. The minimum absolute atomic E-state index is 0.0409. The molecule has 0 heterocycles. The zero-order chi connectivity index (χ0) is 14.3. The molecule has 0 aliphatic carbocycles. The zero-order valence-electron chi connectivity index (χ0n) is 10.9. The molecule has 1 rings (SSSR count). The number of nitrogens with one attached hydrogen (secondary N) is 1. The standard InChI is InChI=1S/C14H18BrNO3/c1-10(2-9-14(18)19)16-13(17)8-5-11-3-6-12(15)7-4-11/h3-4,6-7,10H,2,5,8-9H2,1H3,(H,16,17)(H,18,19). The number of carboxylic acids is 1. The normalized spacial score (nSPS) is 11.9. The number of rotatable bonds is 7. The molecular formula is C14H18BrNO3. The lowest BCUT2D eigenvalue weighted by atomic mass is 10.1. The zero-order valence-corrected chi connectivity index (χ0v) is 12.4. The van der Waals surface area contributed by atoms with Gasteiger partial charge >= 0.3 is 5.97 Å². The third-order valence-electron chi connectivity index (χ3n) is 2.75. The summed E-state index contributed by atoms with van der Waals surface area (Å²) in [5.74, 6) is -0.878. The van der Waals surface area contributed by atoms with Gasteiger partial charge in [0.25, 0.3) is 0 Å². The first-order chi connectivity index (χ1) is 8.97. The monoisotopic (exact) mass is 327 g/mol. The Morgan fingerprint density at radius 3 is 2.47 bits per heavy atom. The molecule has 0 fully saturated rings. The van der Waals surface area contributed by atoms with E-state index in [-0.39, 0.29) is 18.4 Å². The van der Waals surface area contributed by atoms with Crippen LogP contribution >= 0.6 is 15.9 Å². The third kappa shape index (κ3) is 6.96. The molecule has 104 valence electrons. The van der Waals surface area contributed by atoms with Crippen molar-refractivity contribution in [3.63, 3.8) is 0 Å². The predicted molar refractivity (Wildman–Crippen MR) is 76.9 cm³/mol. The van der Waals surface area contributed by atoms with E-state index in [1.165, 1.54) is 0 Å². The van der Waals surface area contributed by atoms with Crippen LogP contribution in [0.3, 0.4) is 0 Å². The van der Waals surface area contributed by atoms with Crippen LogP contribution in [0.15, 0.2) is 28.7 Å². The van der Waals surface area contributed by atoms with E-state index in [9.17, 15) is 9.59 Å². The lowest BCUT2D eigenvalue weighted by molar-refractivity contribution is -0.137. The van der Waals surface area contributed by atoms with Crippen LogP contribution in [-0.4, -0.2) is 23.0 Å². The van der Waals surface area contributed by atoms with Gasteiger partial charge in [0.05, 0.1) is 0 Å². The second-order valence-electron chi connectivity index (χ2n) is 4.53. The molecule has 0 aliphatic heterocycles. The van der Waals surface area contributed by atoms with Gasteiger partial charge in [-0.15, -0.1) is 0 Å². The fourth-order valence-corrected chi connectivity index (χ4v) is 1.93. The van der Waals surface area contributed by atoms with Crippen molar-refractivity contribution in [1.82, 2.24) is 5.32 Å². The summed E-state index contributed by atoms with van der Waals surface area (Å²) in [6.07, 6.45) is 1.64. The Morgan fingerprint density at radius 2 is 1.89 bits per heavy atom. The van der Waals surface area contributed by atoms with Gasteiger partial charge in [-0.2, -0.15) is 0 Å². The highest BCUT2D eigenvalue weighted by atomic mass is 79.9. The Bertz CT molecular complexity index is 431. The lowest BCUT2D eigenvalue weighted by Crippen LogP contribution is -2.33. The molecule has 1 unspecified atom stereocenters. The maximum absolute atomic E-state index is 11.7. The highest BCUT2D eigenvalue weighted by molar-refractivity contribution is 9.10. The van der Waals surface area contributed by atoms with Crippen molar-refractivity contribution in [3.05, 3.63) is 34.3 Å². The minimum atomic E-state index is -0.837. The SMILES string of the molecule is CC(CCC(=O)O)NC(=O)CCc1ccc(Br)cc1. The molecule has 0 saturated carbocycles. The first kappa shape index (κ1) is 15.7. The molecule has 0 aromatic heterocycles. The Morgan fingerprint density at radius 1 is 1.26 bits per heavy atom. The molecule has 1 amide bonds. The van der Waals surface area contributed by atoms with E-state index in [4.69, 9.17) is 5.11 Å². The average Bonchev–Trinajstić information content (AvgIpc) is 2.36. The summed E-state index contributed by atoms with van der Waals surface area (Å²) < 4.78 is 1.02. The number of hydrogen-bond acceptors (Lipinski definition) is 2. The number of aliphatic carboxylic acids is 1.